The number of rotatable bonds is 4. The lowest BCUT2D eigenvalue weighted by Gasteiger charge is -2.43. The first-order valence-corrected chi connectivity index (χ1v) is 9.34. The van der Waals surface area contributed by atoms with Crippen LogP contribution in [0.5, 0.6) is 0 Å². The summed E-state index contributed by atoms with van der Waals surface area (Å²) in [5.74, 6) is 0. The highest BCUT2D eigenvalue weighted by Crippen LogP contribution is 2.38. The quantitative estimate of drug-likeness (QED) is 0.831. The lowest BCUT2D eigenvalue weighted by atomic mass is 9.96. The Bertz CT molecular complexity index is 792. The van der Waals surface area contributed by atoms with Crippen molar-refractivity contribution in [1.82, 2.24) is 10.2 Å². The number of benzene rings is 2. The Morgan fingerprint density at radius 2 is 1.85 bits per heavy atom. The van der Waals surface area contributed by atoms with E-state index in [2.05, 4.69) is 63.6 Å². The molecule has 1 saturated heterocycles. The number of carbonyl (C=O) groups is 1. The van der Waals surface area contributed by atoms with E-state index in [1.165, 1.54) is 22.4 Å². The van der Waals surface area contributed by atoms with Crippen molar-refractivity contribution in [3.63, 3.8) is 0 Å². The van der Waals surface area contributed by atoms with Gasteiger partial charge in [-0.1, -0.05) is 42.5 Å². The highest BCUT2D eigenvalue weighted by atomic mass is 16.4. The van der Waals surface area contributed by atoms with E-state index in [9.17, 15) is 4.79 Å². The van der Waals surface area contributed by atoms with E-state index in [0.29, 0.717) is 12.6 Å². The van der Waals surface area contributed by atoms with Gasteiger partial charge in [-0.3, -0.25) is 4.90 Å². The van der Waals surface area contributed by atoms with E-state index in [4.69, 9.17) is 5.11 Å². The molecule has 0 saturated carbocycles. The molecule has 2 heterocycles. The maximum Gasteiger partial charge on any atom is 0.404 e. The first kappa shape index (κ1) is 16.9. The Morgan fingerprint density at radius 1 is 1.08 bits per heavy atom. The molecular weight excluding hydrogens is 326 g/mol. The van der Waals surface area contributed by atoms with Gasteiger partial charge in [-0.25, -0.2) is 4.79 Å². The van der Waals surface area contributed by atoms with Gasteiger partial charge in [-0.05, 0) is 42.1 Å². The zero-order valence-electron chi connectivity index (χ0n) is 14.9. The largest absolute Gasteiger partial charge is 0.465 e. The number of amides is 1. The molecule has 5 heteroatoms. The van der Waals surface area contributed by atoms with Crippen LogP contribution in [-0.4, -0.2) is 48.8 Å². The average molecular weight is 351 g/mol. The predicted octanol–water partition coefficient (Wildman–Crippen LogP) is 3.11. The van der Waals surface area contributed by atoms with Crippen molar-refractivity contribution >= 4 is 11.8 Å². The number of para-hydroxylation sites is 1. The molecule has 1 unspecified atom stereocenters. The molecule has 26 heavy (non-hydrogen) atoms. The molecule has 4 rings (SSSR count). The van der Waals surface area contributed by atoms with E-state index in [-0.39, 0.29) is 0 Å². The van der Waals surface area contributed by atoms with Crippen LogP contribution in [0.1, 0.15) is 29.2 Å². The zero-order valence-corrected chi connectivity index (χ0v) is 14.9. The van der Waals surface area contributed by atoms with Gasteiger partial charge in [0.15, 0.2) is 0 Å². The third-order valence-electron chi connectivity index (χ3n) is 5.49. The third-order valence-corrected chi connectivity index (χ3v) is 5.49. The number of piperazine rings is 1. The average Bonchev–Trinajstić information content (AvgIpc) is 2.79. The second-order valence-electron chi connectivity index (χ2n) is 7.10. The van der Waals surface area contributed by atoms with Gasteiger partial charge in [0.1, 0.15) is 0 Å². The second kappa shape index (κ2) is 7.38. The van der Waals surface area contributed by atoms with Gasteiger partial charge in [-0.15, -0.1) is 0 Å². The van der Waals surface area contributed by atoms with Crippen LogP contribution in [-0.2, 0) is 6.42 Å². The molecule has 0 aliphatic carbocycles. The van der Waals surface area contributed by atoms with Crippen molar-refractivity contribution in [3.8, 4) is 0 Å². The van der Waals surface area contributed by atoms with E-state index in [1.54, 1.807) is 0 Å². The summed E-state index contributed by atoms with van der Waals surface area (Å²) in [6.45, 7) is 4.44. The van der Waals surface area contributed by atoms with Gasteiger partial charge in [0, 0.05) is 31.9 Å². The SMILES string of the molecule is O=C(O)NCCCN1CCN2c3ccccc3Cc3ccccc3C2C1. The Balaban J connectivity index is 1.55. The van der Waals surface area contributed by atoms with Crippen LogP contribution in [0.15, 0.2) is 48.5 Å². The van der Waals surface area contributed by atoms with E-state index < -0.39 is 6.09 Å². The molecule has 2 aromatic rings. The van der Waals surface area contributed by atoms with Crippen molar-refractivity contribution in [2.24, 2.45) is 0 Å². The number of fused-ring (bicyclic) bond motifs is 5. The summed E-state index contributed by atoms with van der Waals surface area (Å²) >= 11 is 0. The number of carboxylic acid groups (broad SMARTS) is 1. The van der Waals surface area contributed by atoms with E-state index in [0.717, 1.165) is 39.0 Å². The standard InChI is InChI=1S/C21H25N3O2/c25-21(26)22-10-5-11-23-12-13-24-19-9-4-2-7-17(19)14-16-6-1-3-8-18(16)20(24)15-23/h1-4,6-9,20,22H,5,10-15H2,(H,25,26). The molecule has 2 N–H and O–H groups in total. The normalized spacial score (nSPS) is 19.1. The number of anilines is 1. The molecule has 1 atom stereocenters. The molecule has 136 valence electrons. The maximum atomic E-state index is 10.6. The lowest BCUT2D eigenvalue weighted by molar-refractivity contribution is 0.191. The summed E-state index contributed by atoms with van der Waals surface area (Å²) in [6, 6.07) is 17.9. The smallest absolute Gasteiger partial charge is 0.404 e. The van der Waals surface area contributed by atoms with Gasteiger partial charge in [0.25, 0.3) is 0 Å². The Hall–Kier alpha value is -2.53. The zero-order chi connectivity index (χ0) is 17.9. The van der Waals surface area contributed by atoms with Gasteiger partial charge in [-0.2, -0.15) is 0 Å². The molecule has 1 amide bonds. The van der Waals surface area contributed by atoms with Crippen LogP contribution in [0, 0.1) is 0 Å². The van der Waals surface area contributed by atoms with Crippen LogP contribution < -0.4 is 10.2 Å². The molecule has 5 nitrogen and oxygen atoms in total. The fraction of sp³-hybridized carbons (Fsp3) is 0.381. The molecule has 2 aliphatic heterocycles. The summed E-state index contributed by atoms with van der Waals surface area (Å²) < 4.78 is 0. The van der Waals surface area contributed by atoms with Crippen molar-refractivity contribution in [2.45, 2.75) is 18.9 Å². The van der Waals surface area contributed by atoms with Gasteiger partial charge < -0.3 is 15.3 Å². The monoisotopic (exact) mass is 351 g/mol. The molecule has 0 spiro atoms. The minimum absolute atomic E-state index is 0.357. The molecule has 1 fully saturated rings. The second-order valence-corrected chi connectivity index (χ2v) is 7.10. The Kier molecular flexibility index (Phi) is 4.80. The van der Waals surface area contributed by atoms with E-state index in [1.807, 2.05) is 0 Å². The minimum atomic E-state index is -0.941. The Morgan fingerprint density at radius 3 is 2.69 bits per heavy atom. The van der Waals surface area contributed by atoms with Crippen LogP contribution in [0.2, 0.25) is 0 Å². The predicted molar refractivity (Wildman–Crippen MR) is 103 cm³/mol. The molecule has 2 aliphatic rings. The first-order chi connectivity index (χ1) is 12.7. The number of nitrogens with one attached hydrogen (secondary N) is 1. The summed E-state index contributed by atoms with van der Waals surface area (Å²) in [5.41, 5.74) is 5.61. The number of hydrogen-bond donors (Lipinski definition) is 2. The molecule has 2 aromatic carbocycles. The summed E-state index contributed by atoms with van der Waals surface area (Å²) in [5, 5.41) is 11.2. The lowest BCUT2D eigenvalue weighted by Crippen LogP contribution is -2.49. The first-order valence-electron chi connectivity index (χ1n) is 9.34. The topological polar surface area (TPSA) is 55.8 Å². The third kappa shape index (κ3) is 3.40. The maximum absolute atomic E-state index is 10.6. The van der Waals surface area contributed by atoms with Gasteiger partial charge in [0.2, 0.25) is 0 Å². The molecule has 0 bridgehead atoms. The van der Waals surface area contributed by atoms with Gasteiger partial charge in [0.05, 0.1) is 6.04 Å². The fourth-order valence-corrected chi connectivity index (χ4v) is 4.26. The van der Waals surface area contributed by atoms with Crippen LogP contribution >= 0.6 is 0 Å². The van der Waals surface area contributed by atoms with Gasteiger partial charge >= 0.3 is 6.09 Å². The highest BCUT2D eigenvalue weighted by molar-refractivity contribution is 5.64. The fourth-order valence-electron chi connectivity index (χ4n) is 4.26. The molecule has 0 radical (unpaired) electrons. The van der Waals surface area contributed by atoms with Crippen LogP contribution in [0.25, 0.3) is 0 Å². The molecular formula is C21H25N3O2. The summed E-state index contributed by atoms with van der Waals surface area (Å²) in [7, 11) is 0. The van der Waals surface area contributed by atoms with E-state index >= 15 is 0 Å². The number of nitrogens with zero attached hydrogens (tertiary/aromatic N) is 2. The van der Waals surface area contributed by atoms with Crippen molar-refractivity contribution in [3.05, 3.63) is 65.2 Å². The highest BCUT2D eigenvalue weighted by Gasteiger charge is 2.32. The van der Waals surface area contributed by atoms with Crippen molar-refractivity contribution < 1.29 is 9.90 Å². The van der Waals surface area contributed by atoms with Crippen LogP contribution in [0.3, 0.4) is 0 Å². The van der Waals surface area contributed by atoms with Crippen molar-refractivity contribution in [1.29, 1.82) is 0 Å². The Labute approximate surface area is 154 Å². The van der Waals surface area contributed by atoms with Crippen molar-refractivity contribution in [2.75, 3.05) is 37.6 Å². The molecule has 0 aromatic heterocycles. The number of hydrogen-bond acceptors (Lipinski definition) is 3. The summed E-state index contributed by atoms with van der Waals surface area (Å²) in [6.07, 6.45) is 0.892. The minimum Gasteiger partial charge on any atom is -0.465 e. The summed E-state index contributed by atoms with van der Waals surface area (Å²) in [4.78, 5) is 15.6. The van der Waals surface area contributed by atoms with Crippen LogP contribution in [0.4, 0.5) is 10.5 Å².